The van der Waals surface area contributed by atoms with Crippen LogP contribution in [0, 0.1) is 5.92 Å². The summed E-state index contributed by atoms with van der Waals surface area (Å²) in [7, 11) is 0. The topological polar surface area (TPSA) is 23.5 Å². The third-order valence-electron chi connectivity index (χ3n) is 4.88. The minimum absolute atomic E-state index is 0.00190. The monoisotopic (exact) mass is 239 g/mol. The molecule has 0 spiro atoms. The van der Waals surface area contributed by atoms with Crippen molar-refractivity contribution >= 4 is 0 Å². The Balaban J connectivity index is 1.78. The van der Waals surface area contributed by atoms with E-state index >= 15 is 0 Å². The second-order valence-corrected chi connectivity index (χ2v) is 5.99. The van der Waals surface area contributed by atoms with Crippen LogP contribution in [0.1, 0.15) is 64.7 Å². The highest BCUT2D eigenvalue weighted by molar-refractivity contribution is 4.80. The summed E-state index contributed by atoms with van der Waals surface area (Å²) in [6, 6.07) is 0.816. The van der Waals surface area contributed by atoms with Crippen LogP contribution >= 0.6 is 0 Å². The van der Waals surface area contributed by atoms with Crippen molar-refractivity contribution in [3.63, 3.8) is 0 Å². The van der Waals surface area contributed by atoms with Crippen molar-refractivity contribution in [2.24, 2.45) is 5.92 Å². The Morgan fingerprint density at radius 2 is 1.94 bits per heavy atom. The van der Waals surface area contributed by atoms with Crippen LogP contribution in [0.15, 0.2) is 0 Å². The van der Waals surface area contributed by atoms with Gasteiger partial charge in [-0.05, 0) is 57.5 Å². The molecule has 3 atom stereocenters. The molecule has 1 aliphatic carbocycles. The second-order valence-electron chi connectivity index (χ2n) is 5.99. The van der Waals surface area contributed by atoms with E-state index in [1.807, 2.05) is 0 Å². The molecule has 0 bridgehead atoms. The van der Waals surface area contributed by atoms with Gasteiger partial charge in [0.2, 0.25) is 0 Å². The van der Waals surface area contributed by atoms with Crippen molar-refractivity contribution < 1.29 is 5.11 Å². The molecule has 0 aromatic rings. The predicted octanol–water partition coefficient (Wildman–Crippen LogP) is 3.19. The Bertz CT molecular complexity index is 219. The predicted molar refractivity (Wildman–Crippen MR) is 72.1 cm³/mol. The normalized spacial score (nSPS) is 36.0. The van der Waals surface area contributed by atoms with Gasteiger partial charge in [0, 0.05) is 6.04 Å². The van der Waals surface area contributed by atoms with Gasteiger partial charge in [0.1, 0.15) is 0 Å². The summed E-state index contributed by atoms with van der Waals surface area (Å²) in [4.78, 5) is 2.71. The Morgan fingerprint density at radius 1 is 1.06 bits per heavy atom. The Hall–Kier alpha value is -0.0800. The van der Waals surface area contributed by atoms with Gasteiger partial charge in [-0.3, -0.25) is 0 Å². The van der Waals surface area contributed by atoms with Gasteiger partial charge in [0.25, 0.3) is 0 Å². The van der Waals surface area contributed by atoms with Crippen molar-refractivity contribution in [3.05, 3.63) is 0 Å². The Labute approximate surface area is 106 Å². The molecule has 2 rings (SSSR count). The third-order valence-corrected chi connectivity index (χ3v) is 4.88. The van der Waals surface area contributed by atoms with Gasteiger partial charge < -0.3 is 10.0 Å². The minimum atomic E-state index is 0.00190. The smallest absolute Gasteiger partial charge is 0.0568 e. The third kappa shape index (κ3) is 3.69. The lowest BCUT2D eigenvalue weighted by atomic mass is 10.0. The molecular formula is C15H29NO. The number of aliphatic hydroxyl groups excluding tert-OH is 1. The van der Waals surface area contributed by atoms with Crippen LogP contribution in [0.25, 0.3) is 0 Å². The van der Waals surface area contributed by atoms with E-state index in [0.29, 0.717) is 5.92 Å². The van der Waals surface area contributed by atoms with Crippen LogP contribution in [0.5, 0.6) is 0 Å². The highest BCUT2D eigenvalue weighted by atomic mass is 16.3. The van der Waals surface area contributed by atoms with Crippen LogP contribution in [0.4, 0.5) is 0 Å². The van der Waals surface area contributed by atoms with Gasteiger partial charge in [0.05, 0.1) is 6.10 Å². The van der Waals surface area contributed by atoms with Crippen LogP contribution in [0.3, 0.4) is 0 Å². The number of nitrogens with zero attached hydrogens (tertiary/aromatic N) is 1. The standard InChI is InChI=1S/C15H29NO/c1-2-14-8-4-3-5-11-16(14)12-10-13-7-6-9-15(13)17/h13-15,17H,2-12H2,1H3. The maximum absolute atomic E-state index is 9.88. The average Bonchev–Trinajstić information content (AvgIpc) is 2.63. The number of rotatable bonds is 4. The summed E-state index contributed by atoms with van der Waals surface area (Å²) in [6.07, 6.45) is 11.7. The lowest BCUT2D eigenvalue weighted by Gasteiger charge is -2.30. The minimum Gasteiger partial charge on any atom is -0.393 e. The number of likely N-dealkylation sites (tertiary alicyclic amines) is 1. The summed E-state index contributed by atoms with van der Waals surface area (Å²) in [5, 5.41) is 9.88. The Kier molecular flexibility index (Phi) is 5.30. The summed E-state index contributed by atoms with van der Waals surface area (Å²) >= 11 is 0. The van der Waals surface area contributed by atoms with E-state index in [4.69, 9.17) is 0 Å². The molecule has 1 saturated heterocycles. The molecule has 1 saturated carbocycles. The molecule has 2 nitrogen and oxygen atoms in total. The molecule has 2 aliphatic rings. The summed E-state index contributed by atoms with van der Waals surface area (Å²) in [5.41, 5.74) is 0. The van der Waals surface area contributed by atoms with Crippen LogP contribution in [-0.4, -0.2) is 35.2 Å². The van der Waals surface area contributed by atoms with Crippen molar-refractivity contribution in [3.8, 4) is 0 Å². The lowest BCUT2D eigenvalue weighted by molar-refractivity contribution is 0.109. The van der Waals surface area contributed by atoms with E-state index in [9.17, 15) is 5.11 Å². The summed E-state index contributed by atoms with van der Waals surface area (Å²) < 4.78 is 0. The largest absolute Gasteiger partial charge is 0.393 e. The SMILES string of the molecule is CCC1CCCCCN1CCC1CCCC1O. The van der Waals surface area contributed by atoms with Crippen molar-refractivity contribution in [1.82, 2.24) is 4.90 Å². The molecule has 0 aromatic carbocycles. The highest BCUT2D eigenvalue weighted by Gasteiger charge is 2.26. The van der Waals surface area contributed by atoms with E-state index in [-0.39, 0.29) is 6.10 Å². The highest BCUT2D eigenvalue weighted by Crippen LogP contribution is 2.29. The second kappa shape index (κ2) is 6.75. The lowest BCUT2D eigenvalue weighted by Crippen LogP contribution is -2.36. The zero-order valence-corrected chi connectivity index (χ0v) is 11.4. The fraction of sp³-hybridized carbons (Fsp3) is 1.00. The molecule has 3 unspecified atom stereocenters. The molecular weight excluding hydrogens is 210 g/mol. The molecule has 1 aliphatic heterocycles. The van der Waals surface area contributed by atoms with Crippen LogP contribution in [-0.2, 0) is 0 Å². The zero-order chi connectivity index (χ0) is 12.1. The van der Waals surface area contributed by atoms with E-state index in [1.165, 1.54) is 64.5 Å². The van der Waals surface area contributed by atoms with Gasteiger partial charge in [-0.2, -0.15) is 0 Å². The first-order chi connectivity index (χ1) is 8.31. The maximum Gasteiger partial charge on any atom is 0.0568 e. The first-order valence-electron chi connectivity index (χ1n) is 7.73. The molecule has 2 fully saturated rings. The molecule has 17 heavy (non-hydrogen) atoms. The molecule has 2 heteroatoms. The van der Waals surface area contributed by atoms with Crippen LogP contribution < -0.4 is 0 Å². The summed E-state index contributed by atoms with van der Waals surface area (Å²) in [6.45, 7) is 4.84. The van der Waals surface area contributed by atoms with E-state index in [0.717, 1.165) is 12.5 Å². The fourth-order valence-electron chi connectivity index (χ4n) is 3.68. The van der Waals surface area contributed by atoms with Gasteiger partial charge in [-0.15, -0.1) is 0 Å². The first kappa shape index (κ1) is 13.4. The van der Waals surface area contributed by atoms with Crippen molar-refractivity contribution in [1.29, 1.82) is 0 Å². The van der Waals surface area contributed by atoms with E-state index in [2.05, 4.69) is 11.8 Å². The Morgan fingerprint density at radius 3 is 2.65 bits per heavy atom. The number of hydrogen-bond donors (Lipinski definition) is 1. The molecule has 0 radical (unpaired) electrons. The van der Waals surface area contributed by atoms with Gasteiger partial charge in [-0.1, -0.05) is 26.2 Å². The molecule has 100 valence electrons. The van der Waals surface area contributed by atoms with Gasteiger partial charge in [-0.25, -0.2) is 0 Å². The molecule has 0 aromatic heterocycles. The van der Waals surface area contributed by atoms with E-state index < -0.39 is 0 Å². The number of hydrogen-bond acceptors (Lipinski definition) is 2. The van der Waals surface area contributed by atoms with Gasteiger partial charge in [0.15, 0.2) is 0 Å². The molecule has 0 amide bonds. The van der Waals surface area contributed by atoms with E-state index in [1.54, 1.807) is 0 Å². The maximum atomic E-state index is 9.88. The molecule has 1 N–H and O–H groups in total. The van der Waals surface area contributed by atoms with Crippen molar-refractivity contribution in [2.75, 3.05) is 13.1 Å². The quantitative estimate of drug-likeness (QED) is 0.814. The average molecular weight is 239 g/mol. The van der Waals surface area contributed by atoms with Crippen molar-refractivity contribution in [2.45, 2.75) is 76.9 Å². The summed E-state index contributed by atoms with van der Waals surface area (Å²) in [5.74, 6) is 0.593. The fourth-order valence-corrected chi connectivity index (χ4v) is 3.68. The van der Waals surface area contributed by atoms with Gasteiger partial charge >= 0.3 is 0 Å². The van der Waals surface area contributed by atoms with Crippen LogP contribution in [0.2, 0.25) is 0 Å². The molecule has 1 heterocycles. The number of aliphatic hydroxyl groups is 1. The zero-order valence-electron chi connectivity index (χ0n) is 11.4. The first-order valence-corrected chi connectivity index (χ1v) is 7.73.